The maximum Gasteiger partial charge on any atom is 0.255 e. The zero-order valence-electron chi connectivity index (χ0n) is 17.5. The van der Waals surface area contributed by atoms with E-state index in [2.05, 4.69) is 5.32 Å². The number of hydrogen-bond acceptors (Lipinski definition) is 3. The molecule has 4 aromatic rings. The molecule has 1 amide bonds. The largest absolute Gasteiger partial charge is 0.496 e. The molecule has 4 rings (SSSR count). The maximum absolute atomic E-state index is 12.8. The summed E-state index contributed by atoms with van der Waals surface area (Å²) in [5.41, 5.74) is 3.00. The Balaban J connectivity index is 1.44. The first-order chi connectivity index (χ1) is 15.5. The van der Waals surface area contributed by atoms with Crippen LogP contribution < -0.4 is 15.6 Å². The molecular formula is C25H22ClN3O3. The number of nitrogens with one attached hydrogen (secondary N) is 1. The standard InChI is InChI=1S/C25H22ClN3O3/c1-32-23-15-22(28-11-4-5-12-28)21(26)14-20(23)25(31)27-16-18-7-9-19(10-8-18)17-29-13-3-2-6-24(29)30/h2-15H,16-17H2,1H3,(H,27,31). The summed E-state index contributed by atoms with van der Waals surface area (Å²) in [4.78, 5) is 24.7. The van der Waals surface area contributed by atoms with Crippen molar-refractivity contribution in [2.45, 2.75) is 13.1 Å². The molecular weight excluding hydrogens is 426 g/mol. The number of benzene rings is 2. The van der Waals surface area contributed by atoms with Gasteiger partial charge in [0.05, 0.1) is 29.9 Å². The van der Waals surface area contributed by atoms with E-state index in [1.165, 1.54) is 13.2 Å². The molecule has 0 aliphatic carbocycles. The summed E-state index contributed by atoms with van der Waals surface area (Å²) in [6.07, 6.45) is 5.51. The summed E-state index contributed by atoms with van der Waals surface area (Å²) < 4.78 is 8.94. The topological polar surface area (TPSA) is 65.3 Å². The quantitative estimate of drug-likeness (QED) is 0.460. The van der Waals surface area contributed by atoms with Crippen molar-refractivity contribution in [2.75, 3.05) is 7.11 Å². The van der Waals surface area contributed by atoms with E-state index in [1.54, 1.807) is 29.0 Å². The molecule has 0 aliphatic rings. The lowest BCUT2D eigenvalue weighted by atomic mass is 10.1. The van der Waals surface area contributed by atoms with Crippen LogP contribution in [0.4, 0.5) is 0 Å². The lowest BCUT2D eigenvalue weighted by Crippen LogP contribution is -2.23. The van der Waals surface area contributed by atoms with Gasteiger partial charge in [-0.25, -0.2) is 0 Å². The zero-order valence-corrected chi connectivity index (χ0v) is 18.3. The molecule has 1 N–H and O–H groups in total. The van der Waals surface area contributed by atoms with Crippen LogP contribution in [-0.2, 0) is 13.1 Å². The van der Waals surface area contributed by atoms with E-state index in [0.29, 0.717) is 29.4 Å². The van der Waals surface area contributed by atoms with Crippen LogP contribution >= 0.6 is 11.6 Å². The highest BCUT2D eigenvalue weighted by molar-refractivity contribution is 6.33. The van der Waals surface area contributed by atoms with Crippen LogP contribution in [0.2, 0.25) is 5.02 Å². The SMILES string of the molecule is COc1cc(-n2cccc2)c(Cl)cc1C(=O)NCc1ccc(Cn2ccccc2=O)cc1. The summed E-state index contributed by atoms with van der Waals surface area (Å²) in [6.45, 7) is 0.847. The fourth-order valence-electron chi connectivity index (χ4n) is 3.41. The number of pyridine rings is 1. The highest BCUT2D eigenvalue weighted by Crippen LogP contribution is 2.30. The fraction of sp³-hybridized carbons (Fsp3) is 0.120. The number of ether oxygens (including phenoxy) is 1. The summed E-state index contributed by atoms with van der Waals surface area (Å²) in [5, 5.41) is 3.36. The lowest BCUT2D eigenvalue weighted by Gasteiger charge is -2.14. The molecule has 2 aromatic heterocycles. The first-order valence-electron chi connectivity index (χ1n) is 10.1. The van der Waals surface area contributed by atoms with Gasteiger partial charge in [0.15, 0.2) is 0 Å². The number of carbonyl (C=O) groups excluding carboxylic acids is 1. The number of nitrogens with zero attached hydrogens (tertiary/aromatic N) is 2. The minimum atomic E-state index is -0.275. The third-order valence-electron chi connectivity index (χ3n) is 5.12. The van der Waals surface area contributed by atoms with Crippen LogP contribution in [0, 0.1) is 0 Å². The Hall–Kier alpha value is -3.77. The van der Waals surface area contributed by atoms with Crippen molar-refractivity contribution >= 4 is 17.5 Å². The van der Waals surface area contributed by atoms with Gasteiger partial charge < -0.3 is 19.2 Å². The van der Waals surface area contributed by atoms with E-state index in [9.17, 15) is 9.59 Å². The van der Waals surface area contributed by atoms with Crippen molar-refractivity contribution in [2.24, 2.45) is 0 Å². The molecule has 162 valence electrons. The molecule has 0 atom stereocenters. The number of rotatable bonds is 7. The van der Waals surface area contributed by atoms with Crippen molar-refractivity contribution in [3.63, 3.8) is 0 Å². The maximum atomic E-state index is 12.8. The third kappa shape index (κ3) is 4.76. The summed E-state index contributed by atoms with van der Waals surface area (Å²) >= 11 is 6.43. The van der Waals surface area contributed by atoms with Crippen LogP contribution in [0.15, 0.2) is 90.1 Å². The van der Waals surface area contributed by atoms with Gasteiger partial charge in [0.2, 0.25) is 0 Å². The number of aromatic nitrogens is 2. The molecule has 0 aliphatic heterocycles. The van der Waals surface area contributed by atoms with Gasteiger partial charge >= 0.3 is 0 Å². The molecule has 0 saturated heterocycles. The molecule has 2 aromatic carbocycles. The molecule has 0 spiro atoms. The molecule has 32 heavy (non-hydrogen) atoms. The van der Waals surface area contributed by atoms with Crippen molar-refractivity contribution in [3.8, 4) is 11.4 Å². The predicted octanol–water partition coefficient (Wildman–Crippen LogP) is 4.28. The van der Waals surface area contributed by atoms with E-state index in [1.807, 2.05) is 59.4 Å². The van der Waals surface area contributed by atoms with E-state index in [-0.39, 0.29) is 11.5 Å². The molecule has 6 nitrogen and oxygen atoms in total. The molecule has 0 saturated carbocycles. The Labute approximate surface area is 190 Å². The van der Waals surface area contributed by atoms with Crippen LogP contribution in [0.1, 0.15) is 21.5 Å². The first-order valence-corrected chi connectivity index (χ1v) is 10.5. The molecule has 7 heteroatoms. The van der Waals surface area contributed by atoms with Gasteiger partial charge in [-0.2, -0.15) is 0 Å². The van der Waals surface area contributed by atoms with Gasteiger partial charge in [0.1, 0.15) is 5.75 Å². The second kappa shape index (κ2) is 9.58. The van der Waals surface area contributed by atoms with Crippen LogP contribution in [-0.4, -0.2) is 22.2 Å². The zero-order chi connectivity index (χ0) is 22.5. The normalized spacial score (nSPS) is 10.7. The number of hydrogen-bond donors (Lipinski definition) is 1. The Bertz CT molecular complexity index is 1280. The van der Waals surface area contributed by atoms with Gasteiger partial charge in [0.25, 0.3) is 11.5 Å². The molecule has 0 radical (unpaired) electrons. The van der Waals surface area contributed by atoms with E-state index in [4.69, 9.17) is 16.3 Å². The molecule has 2 heterocycles. The number of methoxy groups -OCH3 is 1. The molecule has 0 fully saturated rings. The second-order valence-corrected chi connectivity index (χ2v) is 7.67. The number of amides is 1. The van der Waals surface area contributed by atoms with Gasteiger partial charge in [-0.3, -0.25) is 9.59 Å². The lowest BCUT2D eigenvalue weighted by molar-refractivity contribution is 0.0948. The highest BCUT2D eigenvalue weighted by atomic mass is 35.5. The molecule has 0 bridgehead atoms. The minimum Gasteiger partial charge on any atom is -0.496 e. The van der Waals surface area contributed by atoms with E-state index < -0.39 is 0 Å². The Morgan fingerprint density at radius 2 is 1.66 bits per heavy atom. The summed E-state index contributed by atoms with van der Waals surface area (Å²) in [6, 6.07) is 20.0. The minimum absolute atomic E-state index is 0.0424. The van der Waals surface area contributed by atoms with Crippen molar-refractivity contribution in [1.29, 1.82) is 0 Å². The third-order valence-corrected chi connectivity index (χ3v) is 5.43. The Morgan fingerprint density at radius 3 is 2.34 bits per heavy atom. The fourth-order valence-corrected chi connectivity index (χ4v) is 3.67. The summed E-state index contributed by atoms with van der Waals surface area (Å²) in [7, 11) is 1.52. The van der Waals surface area contributed by atoms with Crippen LogP contribution in [0.5, 0.6) is 5.75 Å². The number of carbonyl (C=O) groups is 1. The first kappa shape index (κ1) is 21.5. The highest BCUT2D eigenvalue weighted by Gasteiger charge is 2.16. The van der Waals surface area contributed by atoms with Crippen LogP contribution in [0.25, 0.3) is 5.69 Å². The number of halogens is 1. The van der Waals surface area contributed by atoms with Gasteiger partial charge in [0, 0.05) is 37.3 Å². The Morgan fingerprint density at radius 1 is 0.969 bits per heavy atom. The average molecular weight is 448 g/mol. The van der Waals surface area contributed by atoms with Crippen LogP contribution in [0.3, 0.4) is 0 Å². The monoisotopic (exact) mass is 447 g/mol. The van der Waals surface area contributed by atoms with Crippen molar-refractivity contribution in [3.05, 3.63) is 117 Å². The van der Waals surface area contributed by atoms with Crippen molar-refractivity contribution < 1.29 is 9.53 Å². The van der Waals surface area contributed by atoms with Crippen molar-refractivity contribution in [1.82, 2.24) is 14.5 Å². The van der Waals surface area contributed by atoms with Gasteiger partial charge in [-0.15, -0.1) is 0 Å². The Kier molecular flexibility index (Phi) is 6.42. The molecule has 0 unspecified atom stereocenters. The average Bonchev–Trinajstić information content (AvgIpc) is 3.34. The second-order valence-electron chi connectivity index (χ2n) is 7.26. The predicted molar refractivity (Wildman–Crippen MR) is 125 cm³/mol. The van der Waals surface area contributed by atoms with E-state index >= 15 is 0 Å². The van der Waals surface area contributed by atoms with Gasteiger partial charge in [-0.05, 0) is 35.4 Å². The summed E-state index contributed by atoms with van der Waals surface area (Å²) in [5.74, 6) is 0.168. The van der Waals surface area contributed by atoms with E-state index in [0.717, 1.165) is 16.8 Å². The van der Waals surface area contributed by atoms with Gasteiger partial charge in [-0.1, -0.05) is 41.9 Å². The smallest absolute Gasteiger partial charge is 0.255 e.